The fourth-order valence-corrected chi connectivity index (χ4v) is 2.91. The van der Waals surface area contributed by atoms with Gasteiger partial charge in [0.25, 0.3) is 0 Å². The van der Waals surface area contributed by atoms with E-state index in [4.69, 9.17) is 0 Å². The van der Waals surface area contributed by atoms with Crippen LogP contribution in [0, 0.1) is 16.7 Å². The Balaban J connectivity index is 2.40. The van der Waals surface area contributed by atoms with Crippen LogP contribution in [0.1, 0.15) is 47.0 Å². The van der Waals surface area contributed by atoms with Gasteiger partial charge in [0.05, 0.1) is 0 Å². The normalized spacial score (nSPS) is 33.4. The third kappa shape index (κ3) is 1.27. The maximum Gasteiger partial charge on any atom is -0.00875 e. The van der Waals surface area contributed by atoms with Crippen LogP contribution in [0.4, 0.5) is 0 Å². The van der Waals surface area contributed by atoms with Gasteiger partial charge in [-0.15, -0.1) is 0 Å². The number of hydrogen-bond acceptors (Lipinski definition) is 0. The van der Waals surface area contributed by atoms with E-state index >= 15 is 0 Å². The van der Waals surface area contributed by atoms with E-state index in [9.17, 15) is 0 Å². The van der Waals surface area contributed by atoms with Crippen molar-refractivity contribution in [2.75, 3.05) is 0 Å². The van der Waals surface area contributed by atoms with Crippen molar-refractivity contribution in [2.24, 2.45) is 16.7 Å². The molecule has 0 aromatic carbocycles. The molecule has 0 heteroatoms. The van der Waals surface area contributed by atoms with Crippen molar-refractivity contribution in [3.63, 3.8) is 0 Å². The molecule has 0 amide bonds. The highest BCUT2D eigenvalue weighted by atomic mass is 14.5. The highest BCUT2D eigenvalue weighted by molar-refractivity contribution is 5.30. The molecule has 0 saturated heterocycles. The van der Waals surface area contributed by atoms with Crippen LogP contribution in [0.15, 0.2) is 23.8 Å². The Kier molecular flexibility index (Phi) is 2.13. The molecule has 0 radical (unpaired) electrons. The first-order valence-corrected chi connectivity index (χ1v) is 5.82. The van der Waals surface area contributed by atoms with E-state index in [0.717, 1.165) is 5.92 Å². The van der Waals surface area contributed by atoms with Gasteiger partial charge in [-0.1, -0.05) is 51.5 Å². The average molecular weight is 190 g/mol. The summed E-state index contributed by atoms with van der Waals surface area (Å²) in [7, 11) is 0. The number of hydrogen-bond donors (Lipinski definition) is 0. The summed E-state index contributed by atoms with van der Waals surface area (Å²) in [4.78, 5) is 0. The van der Waals surface area contributed by atoms with E-state index in [0.29, 0.717) is 10.8 Å². The van der Waals surface area contributed by atoms with Crippen molar-refractivity contribution in [3.05, 3.63) is 23.8 Å². The topological polar surface area (TPSA) is 0 Å². The molecule has 2 aliphatic rings. The van der Waals surface area contributed by atoms with Gasteiger partial charge in [-0.3, -0.25) is 0 Å². The Morgan fingerprint density at radius 2 is 1.93 bits per heavy atom. The van der Waals surface area contributed by atoms with Gasteiger partial charge in [0, 0.05) is 0 Å². The SMILES string of the molecule is CC1(C)CCC2CC=CC=C2C1(C)C. The molecule has 0 bridgehead atoms. The molecule has 14 heavy (non-hydrogen) atoms. The molecule has 0 N–H and O–H groups in total. The predicted octanol–water partition coefficient (Wildman–Crippen LogP) is 4.34. The van der Waals surface area contributed by atoms with Crippen molar-refractivity contribution in [3.8, 4) is 0 Å². The summed E-state index contributed by atoms with van der Waals surface area (Å²) < 4.78 is 0. The van der Waals surface area contributed by atoms with E-state index in [1.807, 2.05) is 0 Å². The fraction of sp³-hybridized carbons (Fsp3) is 0.714. The first kappa shape index (κ1) is 10.0. The smallest absolute Gasteiger partial charge is 0.00875 e. The van der Waals surface area contributed by atoms with E-state index in [1.165, 1.54) is 19.3 Å². The lowest BCUT2D eigenvalue weighted by Crippen LogP contribution is -2.41. The quantitative estimate of drug-likeness (QED) is 0.533. The highest BCUT2D eigenvalue weighted by Gasteiger charge is 2.45. The monoisotopic (exact) mass is 190 g/mol. The second-order valence-electron chi connectivity index (χ2n) is 6.03. The first-order chi connectivity index (χ1) is 6.45. The highest BCUT2D eigenvalue weighted by Crippen LogP contribution is 2.56. The van der Waals surface area contributed by atoms with Crippen LogP contribution in [0.3, 0.4) is 0 Å². The average Bonchev–Trinajstić information content (AvgIpc) is 2.13. The van der Waals surface area contributed by atoms with Crippen molar-refractivity contribution >= 4 is 0 Å². The molecule has 0 aromatic heterocycles. The zero-order valence-electron chi connectivity index (χ0n) is 9.93. The Labute approximate surface area is 88.1 Å². The molecule has 1 saturated carbocycles. The van der Waals surface area contributed by atoms with Gasteiger partial charge in [-0.25, -0.2) is 0 Å². The maximum atomic E-state index is 2.42. The second-order valence-corrected chi connectivity index (χ2v) is 6.03. The van der Waals surface area contributed by atoms with Gasteiger partial charge in [-0.2, -0.15) is 0 Å². The lowest BCUT2D eigenvalue weighted by atomic mass is 9.53. The molecule has 2 aliphatic carbocycles. The summed E-state index contributed by atoms with van der Waals surface area (Å²) in [6.45, 7) is 9.68. The third-order valence-corrected chi connectivity index (χ3v) is 4.80. The molecule has 1 unspecified atom stereocenters. The van der Waals surface area contributed by atoms with Gasteiger partial charge in [0.15, 0.2) is 0 Å². The predicted molar refractivity (Wildman–Crippen MR) is 62.1 cm³/mol. The molecule has 2 rings (SSSR count). The van der Waals surface area contributed by atoms with Crippen LogP contribution in [0.2, 0.25) is 0 Å². The largest absolute Gasteiger partial charge is 0.0839 e. The third-order valence-electron chi connectivity index (χ3n) is 4.80. The molecular weight excluding hydrogens is 168 g/mol. The number of rotatable bonds is 0. The molecule has 78 valence electrons. The van der Waals surface area contributed by atoms with E-state index in [2.05, 4.69) is 45.9 Å². The summed E-state index contributed by atoms with van der Waals surface area (Å²) in [5.74, 6) is 0.836. The minimum atomic E-state index is 0.376. The number of fused-ring (bicyclic) bond motifs is 1. The van der Waals surface area contributed by atoms with E-state index in [-0.39, 0.29) is 0 Å². The van der Waals surface area contributed by atoms with Crippen molar-refractivity contribution in [1.82, 2.24) is 0 Å². The van der Waals surface area contributed by atoms with E-state index in [1.54, 1.807) is 5.57 Å². The summed E-state index contributed by atoms with van der Waals surface area (Å²) in [6, 6.07) is 0. The van der Waals surface area contributed by atoms with Crippen LogP contribution >= 0.6 is 0 Å². The second kappa shape index (κ2) is 2.98. The minimum absolute atomic E-state index is 0.376. The summed E-state index contributed by atoms with van der Waals surface area (Å²) in [5, 5.41) is 0. The van der Waals surface area contributed by atoms with Gasteiger partial charge < -0.3 is 0 Å². The van der Waals surface area contributed by atoms with Crippen molar-refractivity contribution in [2.45, 2.75) is 47.0 Å². The van der Waals surface area contributed by atoms with Crippen LogP contribution < -0.4 is 0 Å². The Morgan fingerprint density at radius 3 is 2.64 bits per heavy atom. The molecule has 0 heterocycles. The van der Waals surface area contributed by atoms with Gasteiger partial charge >= 0.3 is 0 Å². The van der Waals surface area contributed by atoms with Crippen LogP contribution in [0.25, 0.3) is 0 Å². The summed E-state index contributed by atoms with van der Waals surface area (Å²) >= 11 is 0. The maximum absolute atomic E-state index is 2.42. The lowest BCUT2D eigenvalue weighted by Gasteiger charge is -2.51. The van der Waals surface area contributed by atoms with Crippen molar-refractivity contribution in [1.29, 1.82) is 0 Å². The first-order valence-electron chi connectivity index (χ1n) is 5.82. The summed E-state index contributed by atoms with van der Waals surface area (Å²) in [6.07, 6.45) is 11.0. The zero-order valence-corrected chi connectivity index (χ0v) is 9.93. The lowest BCUT2D eigenvalue weighted by molar-refractivity contribution is 0.0821. The molecular formula is C14H22. The zero-order chi connectivity index (χ0) is 10.4. The minimum Gasteiger partial charge on any atom is -0.0839 e. The Hall–Kier alpha value is -0.520. The molecule has 0 aromatic rings. The molecule has 1 fully saturated rings. The molecule has 0 spiro atoms. The Morgan fingerprint density at radius 1 is 1.21 bits per heavy atom. The van der Waals surface area contributed by atoms with Crippen molar-refractivity contribution < 1.29 is 0 Å². The van der Waals surface area contributed by atoms with Crippen LogP contribution in [-0.2, 0) is 0 Å². The Bertz CT molecular complexity index is 289. The molecule has 1 atom stereocenters. The van der Waals surface area contributed by atoms with Gasteiger partial charge in [0.1, 0.15) is 0 Å². The molecule has 0 aliphatic heterocycles. The van der Waals surface area contributed by atoms with Crippen LogP contribution in [-0.4, -0.2) is 0 Å². The van der Waals surface area contributed by atoms with E-state index < -0.39 is 0 Å². The van der Waals surface area contributed by atoms with Crippen LogP contribution in [0.5, 0.6) is 0 Å². The molecule has 0 nitrogen and oxygen atoms in total. The summed E-state index contributed by atoms with van der Waals surface area (Å²) in [5.41, 5.74) is 2.53. The fourth-order valence-electron chi connectivity index (χ4n) is 2.91. The number of allylic oxidation sites excluding steroid dienone is 4. The van der Waals surface area contributed by atoms with Gasteiger partial charge in [0.2, 0.25) is 0 Å². The standard InChI is InChI=1S/C14H22/c1-13(2)10-9-11-7-5-6-8-12(11)14(13,3)4/h5-6,8,11H,7,9-10H2,1-4H3. The van der Waals surface area contributed by atoms with Gasteiger partial charge in [-0.05, 0) is 36.0 Å².